The van der Waals surface area contributed by atoms with Gasteiger partial charge in [0, 0.05) is 10.9 Å². The average Bonchev–Trinajstić information content (AvgIpc) is 2.97. The van der Waals surface area contributed by atoms with E-state index >= 15 is 0 Å². The second-order valence-electron chi connectivity index (χ2n) is 4.23. The number of aromatic nitrogens is 2. The topological polar surface area (TPSA) is 46.0 Å². The molecule has 3 nitrogen and oxygen atoms in total. The first-order valence-corrected chi connectivity index (χ1v) is 7.52. The number of rotatable bonds is 2. The van der Waals surface area contributed by atoms with Crippen molar-refractivity contribution in [1.82, 2.24) is 9.97 Å². The number of nitrogens with zero attached hydrogens (tertiary/aromatic N) is 2. The number of hydrogen-bond acceptors (Lipinski definition) is 5. The highest BCUT2D eigenvalue weighted by molar-refractivity contribution is 7.16. The molecule has 0 aliphatic heterocycles. The summed E-state index contributed by atoms with van der Waals surface area (Å²) in [6.07, 6.45) is 0. The number of aromatic hydroxyl groups is 1. The summed E-state index contributed by atoms with van der Waals surface area (Å²) in [7, 11) is 0. The Bertz CT molecular complexity index is 713. The minimum absolute atomic E-state index is 0.273. The summed E-state index contributed by atoms with van der Waals surface area (Å²) in [5.74, 6) is 0.273. The minimum Gasteiger partial charge on any atom is -0.508 e. The first-order chi connectivity index (χ1) is 9.13. The lowest BCUT2D eigenvalue weighted by molar-refractivity contribution is 0.475. The third-order valence-electron chi connectivity index (χ3n) is 2.75. The SMILES string of the molecule is Cc1nc(C)c(-c2csc(-c3ccc(O)cc3)n2)s1. The maximum Gasteiger partial charge on any atom is 0.124 e. The smallest absolute Gasteiger partial charge is 0.124 e. The van der Waals surface area contributed by atoms with Crippen LogP contribution < -0.4 is 0 Å². The summed E-state index contributed by atoms with van der Waals surface area (Å²) in [6.45, 7) is 4.02. The van der Waals surface area contributed by atoms with Crippen molar-refractivity contribution in [2.75, 3.05) is 0 Å². The van der Waals surface area contributed by atoms with Gasteiger partial charge in [0.15, 0.2) is 0 Å². The van der Waals surface area contributed by atoms with Crippen molar-refractivity contribution in [3.05, 3.63) is 40.3 Å². The molecule has 0 fully saturated rings. The monoisotopic (exact) mass is 288 g/mol. The van der Waals surface area contributed by atoms with Crippen molar-refractivity contribution in [3.63, 3.8) is 0 Å². The second-order valence-corrected chi connectivity index (χ2v) is 6.29. The van der Waals surface area contributed by atoms with Crippen molar-refractivity contribution >= 4 is 22.7 Å². The molecule has 1 aromatic carbocycles. The number of thiazole rings is 2. The molecule has 19 heavy (non-hydrogen) atoms. The highest BCUT2D eigenvalue weighted by Crippen LogP contribution is 2.34. The predicted octanol–water partition coefficient (Wildman–Crippen LogP) is 4.26. The van der Waals surface area contributed by atoms with Crippen molar-refractivity contribution in [2.24, 2.45) is 0 Å². The quantitative estimate of drug-likeness (QED) is 0.766. The van der Waals surface area contributed by atoms with Gasteiger partial charge in [0.1, 0.15) is 10.8 Å². The van der Waals surface area contributed by atoms with Gasteiger partial charge in [0.2, 0.25) is 0 Å². The molecule has 0 bridgehead atoms. The molecule has 0 atom stereocenters. The molecule has 5 heteroatoms. The predicted molar refractivity (Wildman–Crippen MR) is 79.8 cm³/mol. The van der Waals surface area contributed by atoms with Gasteiger partial charge in [0.25, 0.3) is 0 Å². The van der Waals surface area contributed by atoms with E-state index in [0.29, 0.717) is 0 Å². The normalized spacial score (nSPS) is 10.8. The number of benzene rings is 1. The van der Waals surface area contributed by atoms with Crippen LogP contribution in [0.25, 0.3) is 21.1 Å². The van der Waals surface area contributed by atoms with Gasteiger partial charge in [-0.1, -0.05) is 0 Å². The van der Waals surface area contributed by atoms with Gasteiger partial charge >= 0.3 is 0 Å². The van der Waals surface area contributed by atoms with Gasteiger partial charge < -0.3 is 5.11 Å². The van der Waals surface area contributed by atoms with E-state index in [0.717, 1.165) is 31.8 Å². The first kappa shape index (κ1) is 12.3. The molecule has 3 rings (SSSR count). The van der Waals surface area contributed by atoms with Crippen LogP contribution in [0.2, 0.25) is 0 Å². The summed E-state index contributed by atoms with van der Waals surface area (Å²) in [5, 5.41) is 13.4. The molecule has 0 amide bonds. The van der Waals surface area contributed by atoms with Crippen LogP contribution >= 0.6 is 22.7 Å². The summed E-state index contributed by atoms with van der Waals surface area (Å²) in [5.41, 5.74) is 3.04. The Kier molecular flexibility index (Phi) is 3.08. The van der Waals surface area contributed by atoms with Crippen LogP contribution in [0, 0.1) is 13.8 Å². The van der Waals surface area contributed by atoms with Crippen molar-refractivity contribution in [3.8, 4) is 26.9 Å². The van der Waals surface area contributed by atoms with Crippen molar-refractivity contribution in [1.29, 1.82) is 0 Å². The number of phenols is 1. The van der Waals surface area contributed by atoms with E-state index in [1.54, 1.807) is 34.8 Å². The summed E-state index contributed by atoms with van der Waals surface area (Å²) < 4.78 is 0. The molecule has 1 N–H and O–H groups in total. The van der Waals surface area contributed by atoms with Crippen LogP contribution in [0.4, 0.5) is 0 Å². The zero-order valence-corrected chi connectivity index (χ0v) is 12.2. The van der Waals surface area contributed by atoms with Gasteiger partial charge in [-0.05, 0) is 38.1 Å². The Morgan fingerprint density at radius 2 is 1.79 bits per heavy atom. The number of aryl methyl sites for hydroxylation is 2. The number of hydrogen-bond donors (Lipinski definition) is 1. The third-order valence-corrected chi connectivity index (χ3v) is 4.74. The number of phenolic OH excluding ortho intramolecular Hbond substituents is 1. The lowest BCUT2D eigenvalue weighted by Crippen LogP contribution is -1.79. The molecule has 0 radical (unpaired) electrons. The van der Waals surface area contributed by atoms with Crippen LogP contribution in [0.5, 0.6) is 5.75 Å². The lowest BCUT2D eigenvalue weighted by atomic mass is 10.2. The molecule has 0 aliphatic carbocycles. The molecule has 2 aromatic heterocycles. The van der Waals surface area contributed by atoms with Crippen molar-refractivity contribution < 1.29 is 5.11 Å². The standard InChI is InChI=1S/C14H12N2OS2/c1-8-13(19-9(2)15-8)12-7-18-14(16-12)10-3-5-11(17)6-4-10/h3-7,17H,1-2H3. The van der Waals surface area contributed by atoms with Crippen LogP contribution in [0.1, 0.15) is 10.7 Å². The summed E-state index contributed by atoms with van der Waals surface area (Å²) in [4.78, 5) is 10.2. The van der Waals surface area contributed by atoms with Gasteiger partial charge in [-0.3, -0.25) is 0 Å². The molecule has 0 unspecified atom stereocenters. The van der Waals surface area contributed by atoms with Crippen LogP contribution in [-0.4, -0.2) is 15.1 Å². The molecule has 0 spiro atoms. The first-order valence-electron chi connectivity index (χ1n) is 5.83. The summed E-state index contributed by atoms with van der Waals surface area (Å²) >= 11 is 3.28. The Morgan fingerprint density at radius 1 is 1.05 bits per heavy atom. The van der Waals surface area contributed by atoms with Gasteiger partial charge in [0.05, 0.1) is 21.3 Å². The fourth-order valence-electron chi connectivity index (χ4n) is 1.88. The fraction of sp³-hybridized carbons (Fsp3) is 0.143. The van der Waals surface area contributed by atoms with E-state index in [1.807, 2.05) is 26.0 Å². The highest BCUT2D eigenvalue weighted by atomic mass is 32.1. The summed E-state index contributed by atoms with van der Waals surface area (Å²) in [6, 6.07) is 7.11. The molecule has 2 heterocycles. The molecule has 0 saturated heterocycles. The highest BCUT2D eigenvalue weighted by Gasteiger charge is 2.12. The maximum absolute atomic E-state index is 9.30. The van der Waals surface area contributed by atoms with E-state index < -0.39 is 0 Å². The zero-order chi connectivity index (χ0) is 13.4. The second kappa shape index (κ2) is 4.75. The van der Waals surface area contributed by atoms with E-state index in [9.17, 15) is 5.11 Å². The van der Waals surface area contributed by atoms with Crippen molar-refractivity contribution in [2.45, 2.75) is 13.8 Å². The van der Waals surface area contributed by atoms with Gasteiger partial charge in [-0.15, -0.1) is 22.7 Å². The van der Waals surface area contributed by atoms with E-state index in [4.69, 9.17) is 0 Å². The Balaban J connectivity index is 1.99. The molecule has 0 saturated carbocycles. The van der Waals surface area contributed by atoms with Crippen LogP contribution in [0.3, 0.4) is 0 Å². The maximum atomic E-state index is 9.30. The fourth-order valence-corrected chi connectivity index (χ4v) is 3.66. The molecular weight excluding hydrogens is 276 g/mol. The third kappa shape index (κ3) is 2.39. The van der Waals surface area contributed by atoms with Gasteiger partial charge in [-0.25, -0.2) is 9.97 Å². The Hall–Kier alpha value is -1.72. The van der Waals surface area contributed by atoms with E-state index in [1.165, 1.54) is 0 Å². The Labute approximate surface area is 119 Å². The molecule has 96 valence electrons. The minimum atomic E-state index is 0.273. The lowest BCUT2D eigenvalue weighted by Gasteiger charge is -1.96. The zero-order valence-electron chi connectivity index (χ0n) is 10.5. The van der Waals surface area contributed by atoms with E-state index in [2.05, 4.69) is 15.3 Å². The van der Waals surface area contributed by atoms with Gasteiger partial charge in [-0.2, -0.15) is 0 Å². The molecule has 0 aliphatic rings. The molecular formula is C14H12N2OS2. The largest absolute Gasteiger partial charge is 0.508 e. The van der Waals surface area contributed by atoms with Crippen LogP contribution in [0.15, 0.2) is 29.6 Å². The van der Waals surface area contributed by atoms with E-state index in [-0.39, 0.29) is 5.75 Å². The molecule has 3 aromatic rings. The van der Waals surface area contributed by atoms with Crippen LogP contribution in [-0.2, 0) is 0 Å². The Morgan fingerprint density at radius 3 is 2.42 bits per heavy atom. The average molecular weight is 288 g/mol.